The third kappa shape index (κ3) is 5.55. The average Bonchev–Trinajstić information content (AvgIpc) is 2.12. The average molecular weight is 228 g/mol. The summed E-state index contributed by atoms with van der Waals surface area (Å²) >= 11 is 6.70. The molecule has 0 N–H and O–H groups in total. The topological polar surface area (TPSA) is 18.5 Å². The third-order valence-electron chi connectivity index (χ3n) is 1.44. The summed E-state index contributed by atoms with van der Waals surface area (Å²) in [5, 5.41) is 0. The van der Waals surface area contributed by atoms with E-state index in [9.17, 15) is 0 Å². The molecule has 2 nitrogen and oxygen atoms in total. The summed E-state index contributed by atoms with van der Waals surface area (Å²) < 4.78 is 10.6. The van der Waals surface area contributed by atoms with Gasteiger partial charge in [0.1, 0.15) is 0 Å². The van der Waals surface area contributed by atoms with Crippen molar-refractivity contribution in [3.63, 3.8) is 0 Å². The van der Waals surface area contributed by atoms with Crippen LogP contribution in [0.25, 0.3) is 0 Å². The van der Waals surface area contributed by atoms with E-state index in [0.717, 1.165) is 13.0 Å². The summed E-state index contributed by atoms with van der Waals surface area (Å²) in [4.78, 5) is 0. The lowest BCUT2D eigenvalue weighted by molar-refractivity contribution is 0.287. The lowest BCUT2D eigenvalue weighted by atomic mass is 10.3. The second kappa shape index (κ2) is 7.34. The van der Waals surface area contributed by atoms with Crippen molar-refractivity contribution in [1.82, 2.24) is 0 Å². The van der Waals surface area contributed by atoms with Gasteiger partial charge in [0.2, 0.25) is 5.69 Å². The Morgan fingerprint density at radius 1 is 1.42 bits per heavy atom. The van der Waals surface area contributed by atoms with E-state index in [1.54, 1.807) is 7.11 Å². The van der Waals surface area contributed by atoms with Crippen LogP contribution in [0.3, 0.4) is 0 Å². The van der Waals surface area contributed by atoms with E-state index >= 15 is 0 Å². The van der Waals surface area contributed by atoms with Crippen LogP contribution < -0.4 is 0 Å². The van der Waals surface area contributed by atoms with Gasteiger partial charge in [0, 0.05) is 7.11 Å². The zero-order chi connectivity index (χ0) is 9.45. The van der Waals surface area contributed by atoms with Crippen LogP contribution >= 0.6 is 17.1 Å². The molecule has 0 spiro atoms. The maximum Gasteiger partial charge on any atom is 0.246 e. The lowest BCUT2D eigenvalue weighted by Gasteiger charge is -2.16. The molecule has 0 aliphatic heterocycles. The Bertz CT molecular complexity index is 144. The molecule has 0 saturated carbocycles. The van der Waals surface area contributed by atoms with Crippen LogP contribution in [-0.4, -0.2) is 20.0 Å². The fourth-order valence-corrected chi connectivity index (χ4v) is 2.63. The number of unbranched alkanes of at least 4 members (excludes halogenated alkanes) is 2. The van der Waals surface area contributed by atoms with Gasteiger partial charge in [-0.25, -0.2) is 0 Å². The van der Waals surface area contributed by atoms with Crippen molar-refractivity contribution in [3.8, 4) is 0 Å². The van der Waals surface area contributed by atoms with Crippen LogP contribution in [-0.2, 0) is 20.9 Å². The molecule has 0 rings (SSSR count). The molecule has 0 saturated heterocycles. The van der Waals surface area contributed by atoms with Gasteiger partial charge in [-0.1, -0.05) is 31.1 Å². The molecule has 0 fully saturated rings. The Kier molecular flexibility index (Phi) is 7.90. The quantitative estimate of drug-likeness (QED) is 0.490. The second-order valence-electron chi connectivity index (χ2n) is 2.35. The first kappa shape index (κ1) is 12.9. The van der Waals surface area contributed by atoms with Gasteiger partial charge in [-0.05, 0) is 24.5 Å². The molecule has 0 bridgehead atoms. The van der Waals surface area contributed by atoms with Crippen molar-refractivity contribution < 1.29 is 9.05 Å². The highest BCUT2D eigenvalue weighted by Gasteiger charge is 2.14. The Balaban J connectivity index is 3.52. The highest BCUT2D eigenvalue weighted by atomic mass is 32.9. The monoisotopic (exact) mass is 228 g/mol. The van der Waals surface area contributed by atoms with E-state index in [2.05, 4.69) is 6.92 Å². The highest BCUT2D eigenvalue weighted by Crippen LogP contribution is 2.58. The van der Waals surface area contributed by atoms with Crippen LogP contribution in [0.1, 0.15) is 26.2 Å². The minimum absolute atomic E-state index is 0.736. The number of rotatable bonds is 7. The van der Waals surface area contributed by atoms with Gasteiger partial charge in [-0.2, -0.15) is 0 Å². The first-order valence-electron chi connectivity index (χ1n) is 4.04. The van der Waals surface area contributed by atoms with Gasteiger partial charge in [0.15, 0.2) is 0 Å². The standard InChI is InChI=1S/C7H17O2PS2/c1-4-5-6-7-9-10(11,8-2)12-3/h4-7H2,1-3H3. The Morgan fingerprint density at radius 2 is 2.08 bits per heavy atom. The number of hydrogen-bond donors (Lipinski definition) is 0. The predicted octanol–water partition coefficient (Wildman–Crippen LogP) is 3.43. The van der Waals surface area contributed by atoms with E-state index in [1.165, 1.54) is 24.2 Å². The normalized spacial score (nSPS) is 15.9. The molecule has 0 aliphatic carbocycles. The van der Waals surface area contributed by atoms with Crippen molar-refractivity contribution in [3.05, 3.63) is 0 Å². The van der Waals surface area contributed by atoms with Gasteiger partial charge < -0.3 is 9.05 Å². The van der Waals surface area contributed by atoms with E-state index in [-0.39, 0.29) is 0 Å². The van der Waals surface area contributed by atoms with Gasteiger partial charge in [-0.15, -0.1) is 0 Å². The van der Waals surface area contributed by atoms with Crippen molar-refractivity contribution in [2.24, 2.45) is 0 Å². The fourth-order valence-electron chi connectivity index (χ4n) is 0.708. The SMILES string of the molecule is CCCCCOP(=S)(OC)SC. The maximum absolute atomic E-state index is 5.50. The van der Waals surface area contributed by atoms with E-state index < -0.39 is 5.69 Å². The van der Waals surface area contributed by atoms with Crippen molar-refractivity contribution >= 4 is 28.9 Å². The van der Waals surface area contributed by atoms with Gasteiger partial charge in [0.05, 0.1) is 6.61 Å². The molecular formula is C7H17O2PS2. The van der Waals surface area contributed by atoms with Crippen molar-refractivity contribution in [2.75, 3.05) is 20.0 Å². The van der Waals surface area contributed by atoms with Crippen LogP contribution in [0.5, 0.6) is 0 Å². The first-order chi connectivity index (χ1) is 5.68. The summed E-state index contributed by atoms with van der Waals surface area (Å²) in [5.74, 6) is 0. The van der Waals surface area contributed by atoms with Gasteiger partial charge in [-0.3, -0.25) is 0 Å². The molecular weight excluding hydrogens is 211 g/mol. The summed E-state index contributed by atoms with van der Waals surface area (Å²) in [7, 11) is 1.62. The molecule has 5 heteroatoms. The predicted molar refractivity (Wildman–Crippen MR) is 60.3 cm³/mol. The first-order valence-corrected chi connectivity index (χ1v) is 8.51. The second-order valence-corrected chi connectivity index (χ2v) is 8.91. The zero-order valence-electron chi connectivity index (χ0n) is 7.91. The van der Waals surface area contributed by atoms with E-state index in [1.807, 2.05) is 6.26 Å². The minimum Gasteiger partial charge on any atom is -0.325 e. The number of hydrogen-bond acceptors (Lipinski definition) is 4. The highest BCUT2D eigenvalue weighted by molar-refractivity contribution is 8.67. The van der Waals surface area contributed by atoms with Crippen LogP contribution in [0.15, 0.2) is 0 Å². The molecule has 0 aromatic rings. The summed E-state index contributed by atoms with van der Waals surface area (Å²) in [6.45, 7) is 2.90. The third-order valence-corrected chi connectivity index (χ3v) is 7.05. The van der Waals surface area contributed by atoms with Gasteiger partial charge in [0.25, 0.3) is 0 Å². The largest absolute Gasteiger partial charge is 0.325 e. The summed E-state index contributed by atoms with van der Waals surface area (Å²) in [6, 6.07) is 0. The molecule has 0 aliphatic rings. The maximum atomic E-state index is 5.50. The molecule has 74 valence electrons. The molecule has 0 heterocycles. The molecule has 0 amide bonds. The van der Waals surface area contributed by atoms with Crippen molar-refractivity contribution in [1.29, 1.82) is 0 Å². The molecule has 1 atom stereocenters. The Morgan fingerprint density at radius 3 is 2.50 bits per heavy atom. The van der Waals surface area contributed by atoms with Crippen LogP contribution in [0.4, 0.5) is 0 Å². The molecule has 0 aromatic heterocycles. The summed E-state index contributed by atoms with van der Waals surface area (Å²) in [6.07, 6.45) is 5.43. The molecule has 12 heavy (non-hydrogen) atoms. The molecule has 1 unspecified atom stereocenters. The van der Waals surface area contributed by atoms with Gasteiger partial charge >= 0.3 is 0 Å². The lowest BCUT2D eigenvalue weighted by Crippen LogP contribution is -1.91. The molecule has 0 aromatic carbocycles. The van der Waals surface area contributed by atoms with Crippen molar-refractivity contribution in [2.45, 2.75) is 26.2 Å². The van der Waals surface area contributed by atoms with Crippen LogP contribution in [0, 0.1) is 0 Å². The zero-order valence-corrected chi connectivity index (χ0v) is 10.4. The van der Waals surface area contributed by atoms with E-state index in [4.69, 9.17) is 20.9 Å². The minimum atomic E-state index is -1.97. The summed E-state index contributed by atoms with van der Waals surface area (Å²) in [5.41, 5.74) is -1.97. The Hall–Kier alpha value is 0.920. The smallest absolute Gasteiger partial charge is 0.246 e. The van der Waals surface area contributed by atoms with E-state index in [0.29, 0.717) is 0 Å². The van der Waals surface area contributed by atoms with Crippen LogP contribution in [0.2, 0.25) is 0 Å². The Labute approximate surface area is 84.3 Å². The molecule has 0 radical (unpaired) electrons. The fraction of sp³-hybridized carbons (Fsp3) is 1.00.